The summed E-state index contributed by atoms with van der Waals surface area (Å²) in [5.41, 5.74) is 14.8. The molecule has 240 valence electrons. The van der Waals surface area contributed by atoms with Crippen LogP contribution in [0.1, 0.15) is 49.9 Å². The van der Waals surface area contributed by atoms with Gasteiger partial charge in [0.2, 0.25) is 0 Å². The Morgan fingerprint density at radius 3 is 0.854 bits per heavy atom. The summed E-state index contributed by atoms with van der Waals surface area (Å²) in [5.74, 6) is 0. The molecule has 0 bridgehead atoms. The minimum Gasteiger partial charge on any atom is -0.344 e. The predicted octanol–water partition coefficient (Wildman–Crippen LogP) is 12.5. The van der Waals surface area contributed by atoms with Crippen molar-refractivity contribution in [2.24, 2.45) is 7.05 Å². The van der Waals surface area contributed by atoms with Crippen molar-refractivity contribution in [1.29, 1.82) is 0 Å². The molecular weight excluding hydrogens is 583 g/mol. The van der Waals surface area contributed by atoms with Crippen LogP contribution in [-0.4, -0.2) is 4.57 Å². The summed E-state index contributed by atoms with van der Waals surface area (Å²) in [6.07, 6.45) is 4.10. The zero-order valence-corrected chi connectivity index (χ0v) is 28.9. The van der Waals surface area contributed by atoms with Crippen LogP contribution >= 0.6 is 0 Å². The number of anilines is 6. The van der Waals surface area contributed by atoms with Gasteiger partial charge in [-0.15, -0.1) is 0 Å². The molecule has 6 aromatic carbocycles. The van der Waals surface area contributed by atoms with Crippen molar-refractivity contribution < 1.29 is 0 Å². The van der Waals surface area contributed by atoms with Crippen molar-refractivity contribution in [3.8, 4) is 0 Å². The van der Waals surface area contributed by atoms with Crippen LogP contribution in [0.15, 0.2) is 133 Å². The van der Waals surface area contributed by atoms with Gasteiger partial charge < -0.3 is 14.4 Å². The second-order valence-corrected chi connectivity index (χ2v) is 12.7. The van der Waals surface area contributed by atoms with Gasteiger partial charge in [-0.05, 0) is 133 Å². The number of aromatic nitrogens is 1. The molecule has 0 atom stereocenters. The fourth-order valence-electron chi connectivity index (χ4n) is 6.89. The summed E-state index contributed by atoms with van der Waals surface area (Å²) in [6, 6.07) is 49.9. The van der Waals surface area contributed by atoms with Gasteiger partial charge in [0, 0.05) is 63.0 Å². The maximum Gasteiger partial charge on any atom is 0.0490 e. The van der Waals surface area contributed by atoms with Gasteiger partial charge >= 0.3 is 0 Å². The molecule has 0 aliphatic heterocycles. The van der Waals surface area contributed by atoms with E-state index in [1.165, 1.54) is 44.1 Å². The first-order chi connectivity index (χ1) is 23.5. The second-order valence-electron chi connectivity index (χ2n) is 12.7. The largest absolute Gasteiger partial charge is 0.344 e. The number of nitrogens with zero attached hydrogens (tertiary/aromatic N) is 3. The molecule has 0 aliphatic carbocycles. The Labute approximate surface area is 285 Å². The van der Waals surface area contributed by atoms with Crippen LogP contribution in [0.25, 0.3) is 21.8 Å². The van der Waals surface area contributed by atoms with Crippen LogP contribution in [-0.2, 0) is 32.7 Å². The fourth-order valence-corrected chi connectivity index (χ4v) is 6.89. The van der Waals surface area contributed by atoms with E-state index in [0.717, 1.165) is 59.8 Å². The Balaban J connectivity index is 1.40. The molecule has 0 saturated carbocycles. The van der Waals surface area contributed by atoms with Gasteiger partial charge in [0.1, 0.15) is 0 Å². The third kappa shape index (κ3) is 5.86. The van der Waals surface area contributed by atoms with Crippen LogP contribution in [0.4, 0.5) is 34.1 Å². The normalized spacial score (nSPS) is 11.4. The Morgan fingerprint density at radius 1 is 0.354 bits per heavy atom. The SMILES string of the molecule is CCc1ccc(N(c2ccc(CC)cc2)c2ccc3c(c2)c2cc(N(c4ccc(CC)cc4)c4ccc(CC)cc4)ccc2n3C)cc1. The van der Waals surface area contributed by atoms with E-state index in [1.807, 2.05) is 0 Å². The molecule has 0 unspecified atom stereocenters. The summed E-state index contributed by atoms with van der Waals surface area (Å²) in [5, 5.41) is 2.49. The Kier molecular flexibility index (Phi) is 8.78. The van der Waals surface area contributed by atoms with E-state index in [-0.39, 0.29) is 0 Å². The van der Waals surface area contributed by atoms with Gasteiger partial charge in [0.05, 0.1) is 0 Å². The number of hydrogen-bond donors (Lipinski definition) is 0. The van der Waals surface area contributed by atoms with E-state index in [0.29, 0.717) is 0 Å². The lowest BCUT2D eigenvalue weighted by molar-refractivity contribution is 1.01. The minimum atomic E-state index is 1.03. The molecule has 0 saturated heterocycles. The van der Waals surface area contributed by atoms with Crippen molar-refractivity contribution in [1.82, 2.24) is 4.57 Å². The highest BCUT2D eigenvalue weighted by molar-refractivity contribution is 6.11. The van der Waals surface area contributed by atoms with Crippen molar-refractivity contribution in [2.75, 3.05) is 9.80 Å². The zero-order chi connectivity index (χ0) is 33.2. The smallest absolute Gasteiger partial charge is 0.0490 e. The summed E-state index contributed by atoms with van der Waals surface area (Å²) in [7, 11) is 2.18. The van der Waals surface area contributed by atoms with Crippen LogP contribution in [0.2, 0.25) is 0 Å². The van der Waals surface area contributed by atoms with Crippen molar-refractivity contribution in [3.63, 3.8) is 0 Å². The maximum atomic E-state index is 2.39. The van der Waals surface area contributed by atoms with E-state index in [1.54, 1.807) is 0 Å². The molecule has 0 aliphatic rings. The minimum absolute atomic E-state index is 1.03. The van der Waals surface area contributed by atoms with E-state index in [4.69, 9.17) is 0 Å². The molecule has 7 aromatic rings. The summed E-state index contributed by atoms with van der Waals surface area (Å²) < 4.78 is 2.32. The lowest BCUT2D eigenvalue weighted by Crippen LogP contribution is -2.10. The Morgan fingerprint density at radius 2 is 0.604 bits per heavy atom. The van der Waals surface area contributed by atoms with Crippen LogP contribution in [0.5, 0.6) is 0 Å². The Bertz CT molecular complexity index is 1900. The molecule has 7 rings (SSSR count). The van der Waals surface area contributed by atoms with Gasteiger partial charge in [0.25, 0.3) is 0 Å². The third-order valence-electron chi connectivity index (χ3n) is 9.90. The van der Waals surface area contributed by atoms with Gasteiger partial charge in [-0.2, -0.15) is 0 Å². The predicted molar refractivity (Wildman–Crippen MR) is 207 cm³/mol. The highest BCUT2D eigenvalue weighted by Crippen LogP contribution is 2.41. The topological polar surface area (TPSA) is 11.4 Å². The number of fused-ring (bicyclic) bond motifs is 3. The molecule has 0 radical (unpaired) electrons. The third-order valence-corrected chi connectivity index (χ3v) is 9.90. The number of rotatable bonds is 10. The first-order valence-corrected chi connectivity index (χ1v) is 17.5. The van der Waals surface area contributed by atoms with E-state index >= 15 is 0 Å². The monoisotopic (exact) mass is 627 g/mol. The molecule has 0 fully saturated rings. The lowest BCUT2D eigenvalue weighted by atomic mass is 10.1. The van der Waals surface area contributed by atoms with E-state index < -0.39 is 0 Å². The molecule has 1 aromatic heterocycles. The quantitative estimate of drug-likeness (QED) is 0.149. The van der Waals surface area contributed by atoms with Crippen molar-refractivity contribution >= 4 is 55.9 Å². The molecule has 0 N–H and O–H groups in total. The van der Waals surface area contributed by atoms with Crippen LogP contribution in [0, 0.1) is 0 Å². The average Bonchev–Trinajstić information content (AvgIpc) is 3.43. The second kappa shape index (κ2) is 13.4. The first kappa shape index (κ1) is 31.3. The summed E-state index contributed by atoms with van der Waals surface area (Å²) >= 11 is 0. The highest BCUT2D eigenvalue weighted by atomic mass is 15.1. The lowest BCUT2D eigenvalue weighted by Gasteiger charge is -2.26. The average molecular weight is 628 g/mol. The maximum absolute atomic E-state index is 2.39. The van der Waals surface area contributed by atoms with Gasteiger partial charge in [-0.3, -0.25) is 0 Å². The zero-order valence-electron chi connectivity index (χ0n) is 28.9. The van der Waals surface area contributed by atoms with E-state index in [9.17, 15) is 0 Å². The molecule has 1 heterocycles. The van der Waals surface area contributed by atoms with Gasteiger partial charge in [-0.25, -0.2) is 0 Å². The van der Waals surface area contributed by atoms with Gasteiger partial charge in [0.15, 0.2) is 0 Å². The molecular formula is C45H45N3. The highest BCUT2D eigenvalue weighted by Gasteiger charge is 2.18. The van der Waals surface area contributed by atoms with Crippen LogP contribution < -0.4 is 9.80 Å². The molecule has 0 amide bonds. The van der Waals surface area contributed by atoms with Gasteiger partial charge in [-0.1, -0.05) is 76.2 Å². The number of aryl methyl sites for hydroxylation is 5. The number of benzene rings is 6. The van der Waals surface area contributed by atoms with Crippen molar-refractivity contribution in [3.05, 3.63) is 156 Å². The van der Waals surface area contributed by atoms with E-state index in [2.05, 4.69) is 183 Å². The molecule has 3 heteroatoms. The molecule has 3 nitrogen and oxygen atoms in total. The van der Waals surface area contributed by atoms with Crippen molar-refractivity contribution in [2.45, 2.75) is 53.4 Å². The number of hydrogen-bond acceptors (Lipinski definition) is 2. The van der Waals surface area contributed by atoms with Crippen LogP contribution in [0.3, 0.4) is 0 Å². The summed E-state index contributed by atoms with van der Waals surface area (Å²) in [4.78, 5) is 4.77. The fraction of sp³-hybridized carbons (Fsp3) is 0.200. The Hall–Kier alpha value is -5.28. The molecule has 0 spiro atoms. The first-order valence-electron chi connectivity index (χ1n) is 17.5. The summed E-state index contributed by atoms with van der Waals surface area (Å²) in [6.45, 7) is 8.84. The standard InChI is InChI=1S/C45H45N3/c1-6-32-10-18-36(19-11-32)47(37-20-12-33(7-2)13-21-37)40-26-28-44-42(30-40)43-31-41(27-29-45(43)46(44)5)48(38-22-14-34(8-3)15-23-38)39-24-16-35(9-4)17-25-39/h10-31H,6-9H2,1-5H3. The molecule has 48 heavy (non-hydrogen) atoms.